The Morgan fingerprint density at radius 2 is 1.09 bits per heavy atom. The molecule has 1 rings (SSSR count). The van der Waals surface area contributed by atoms with Gasteiger partial charge >= 0.3 is 5.97 Å². The van der Waals surface area contributed by atoms with Crippen molar-refractivity contribution in [2.45, 2.75) is 224 Å². The molecule has 0 aromatic carbocycles. The number of unbranched alkanes of at least 4 members (excludes halogenated alkanes) is 22. The molecule has 1 aliphatic rings. The van der Waals surface area contributed by atoms with Gasteiger partial charge in [-0.05, 0) is 44.9 Å². The molecule has 53 heavy (non-hydrogen) atoms. The Balaban J connectivity index is 2.28. The van der Waals surface area contributed by atoms with Gasteiger partial charge in [0.2, 0.25) is 0 Å². The lowest BCUT2D eigenvalue weighted by atomic mass is 9.99. The van der Waals surface area contributed by atoms with Crippen molar-refractivity contribution in [1.82, 2.24) is 0 Å². The molecule has 0 bridgehead atoms. The monoisotopic (exact) mass is 755 g/mol. The maximum Gasteiger partial charge on any atom is 0.306 e. The van der Waals surface area contributed by atoms with Gasteiger partial charge < -0.3 is 39.4 Å². The molecular formula is C44H82O9. The number of hydrogen-bond acceptors (Lipinski definition) is 9. The van der Waals surface area contributed by atoms with Crippen molar-refractivity contribution in [3.8, 4) is 0 Å². The predicted molar refractivity (Wildman–Crippen MR) is 215 cm³/mol. The third kappa shape index (κ3) is 27.8. The number of esters is 1. The molecule has 4 N–H and O–H groups in total. The Kier molecular flexibility index (Phi) is 34.0. The summed E-state index contributed by atoms with van der Waals surface area (Å²) in [5, 5.41) is 40.1. The van der Waals surface area contributed by atoms with Gasteiger partial charge in [-0.2, -0.15) is 0 Å². The second-order valence-electron chi connectivity index (χ2n) is 15.1. The van der Waals surface area contributed by atoms with Crippen molar-refractivity contribution in [3.63, 3.8) is 0 Å². The summed E-state index contributed by atoms with van der Waals surface area (Å²) in [6, 6.07) is 0. The Hall–Kier alpha value is -1.33. The molecule has 0 spiro atoms. The zero-order valence-electron chi connectivity index (χ0n) is 34.0. The number of ether oxygens (including phenoxy) is 4. The minimum atomic E-state index is -1.54. The van der Waals surface area contributed by atoms with Gasteiger partial charge in [-0.3, -0.25) is 4.79 Å². The van der Waals surface area contributed by atoms with Crippen molar-refractivity contribution in [2.24, 2.45) is 0 Å². The largest absolute Gasteiger partial charge is 0.457 e. The van der Waals surface area contributed by atoms with E-state index in [4.69, 9.17) is 18.9 Å². The molecule has 0 aromatic heterocycles. The Labute approximate surface area is 324 Å². The first-order chi connectivity index (χ1) is 25.9. The fourth-order valence-corrected chi connectivity index (χ4v) is 6.64. The van der Waals surface area contributed by atoms with Gasteiger partial charge in [-0.1, -0.05) is 160 Å². The van der Waals surface area contributed by atoms with Gasteiger partial charge in [0.1, 0.15) is 30.5 Å². The summed E-state index contributed by atoms with van der Waals surface area (Å²) in [7, 11) is 0. The molecule has 6 unspecified atom stereocenters. The van der Waals surface area contributed by atoms with Crippen LogP contribution in [0.5, 0.6) is 0 Å². The summed E-state index contributed by atoms with van der Waals surface area (Å²) in [4.78, 5) is 12.7. The van der Waals surface area contributed by atoms with Crippen molar-refractivity contribution < 1.29 is 44.2 Å². The molecule has 9 nitrogen and oxygen atoms in total. The van der Waals surface area contributed by atoms with Crippen LogP contribution < -0.4 is 0 Å². The smallest absolute Gasteiger partial charge is 0.306 e. The van der Waals surface area contributed by atoms with Crippen LogP contribution in [0, 0.1) is 0 Å². The van der Waals surface area contributed by atoms with Crippen LogP contribution in [0.3, 0.4) is 0 Å². The highest BCUT2D eigenvalue weighted by atomic mass is 16.7. The van der Waals surface area contributed by atoms with E-state index in [0.29, 0.717) is 13.0 Å². The molecule has 0 aromatic rings. The number of aliphatic hydroxyl groups excluding tert-OH is 4. The topological polar surface area (TPSA) is 135 Å². The van der Waals surface area contributed by atoms with Gasteiger partial charge in [-0.15, -0.1) is 0 Å². The number of carbonyl (C=O) groups is 1. The van der Waals surface area contributed by atoms with Crippen molar-refractivity contribution in [1.29, 1.82) is 0 Å². The third-order valence-corrected chi connectivity index (χ3v) is 10.1. The zero-order chi connectivity index (χ0) is 38.6. The molecule has 1 fully saturated rings. The van der Waals surface area contributed by atoms with Crippen LogP contribution in [0.1, 0.15) is 187 Å². The molecule has 1 heterocycles. The predicted octanol–water partition coefficient (Wildman–Crippen LogP) is 9.42. The third-order valence-electron chi connectivity index (χ3n) is 10.1. The minimum absolute atomic E-state index is 0.116. The zero-order valence-corrected chi connectivity index (χ0v) is 34.0. The van der Waals surface area contributed by atoms with Crippen molar-refractivity contribution >= 4 is 5.97 Å². The number of allylic oxidation sites excluding steroid dienone is 4. The summed E-state index contributed by atoms with van der Waals surface area (Å²) in [6.07, 6.45) is 33.4. The standard InChI is InChI=1S/C44H82O9/c1-3-5-7-9-11-13-15-17-19-21-23-25-27-29-31-33-40(46)52-38(37-51-44-43(49)42(48)41(47)39(35-45)53-44)36-50-34-32-30-28-26-24-22-20-18-16-14-12-10-8-6-4-2/h11,13,17,19,38-39,41-45,47-49H,3-10,12,14-16,18,20-37H2,1-2H3/b13-11-,19-17-. The van der Waals surface area contributed by atoms with E-state index in [0.717, 1.165) is 57.8 Å². The average Bonchev–Trinajstić information content (AvgIpc) is 3.16. The van der Waals surface area contributed by atoms with E-state index in [9.17, 15) is 25.2 Å². The van der Waals surface area contributed by atoms with E-state index in [1.807, 2.05) is 0 Å². The maximum atomic E-state index is 12.7. The first-order valence-corrected chi connectivity index (χ1v) is 21.9. The molecule has 0 aliphatic carbocycles. The van der Waals surface area contributed by atoms with Crippen molar-refractivity contribution in [2.75, 3.05) is 26.4 Å². The van der Waals surface area contributed by atoms with E-state index in [-0.39, 0.29) is 19.2 Å². The molecule has 1 aliphatic heterocycles. The summed E-state index contributed by atoms with van der Waals surface area (Å²) in [5.41, 5.74) is 0. The first kappa shape index (κ1) is 49.7. The van der Waals surface area contributed by atoms with Gasteiger partial charge in [0, 0.05) is 13.0 Å². The first-order valence-electron chi connectivity index (χ1n) is 21.9. The number of rotatable bonds is 37. The highest BCUT2D eigenvalue weighted by molar-refractivity contribution is 5.69. The minimum Gasteiger partial charge on any atom is -0.457 e. The molecular weight excluding hydrogens is 672 g/mol. The average molecular weight is 755 g/mol. The van der Waals surface area contributed by atoms with Crippen LogP contribution in [0.2, 0.25) is 0 Å². The molecule has 0 saturated carbocycles. The van der Waals surface area contributed by atoms with E-state index in [1.165, 1.54) is 109 Å². The Morgan fingerprint density at radius 1 is 0.604 bits per heavy atom. The summed E-state index contributed by atoms with van der Waals surface area (Å²) >= 11 is 0. The maximum absolute atomic E-state index is 12.7. The molecule has 1 saturated heterocycles. The van der Waals surface area contributed by atoms with E-state index < -0.39 is 43.4 Å². The highest BCUT2D eigenvalue weighted by Gasteiger charge is 2.44. The van der Waals surface area contributed by atoms with Crippen LogP contribution in [0.4, 0.5) is 0 Å². The molecule has 6 atom stereocenters. The lowest BCUT2D eigenvalue weighted by Gasteiger charge is -2.39. The normalized spacial score (nSPS) is 21.2. The summed E-state index contributed by atoms with van der Waals surface area (Å²) in [6.45, 7) is 4.53. The second-order valence-corrected chi connectivity index (χ2v) is 15.1. The van der Waals surface area contributed by atoms with Gasteiger partial charge in [0.05, 0.1) is 19.8 Å². The molecule has 312 valence electrons. The van der Waals surface area contributed by atoms with Gasteiger partial charge in [0.15, 0.2) is 6.29 Å². The van der Waals surface area contributed by atoms with Crippen LogP contribution in [-0.4, -0.2) is 89.6 Å². The van der Waals surface area contributed by atoms with Crippen LogP contribution in [0.15, 0.2) is 24.3 Å². The Bertz CT molecular complexity index is 864. The number of carbonyl (C=O) groups excluding carboxylic acids is 1. The number of hydrogen-bond donors (Lipinski definition) is 4. The van der Waals surface area contributed by atoms with E-state index >= 15 is 0 Å². The summed E-state index contributed by atoms with van der Waals surface area (Å²) < 4.78 is 22.8. The van der Waals surface area contributed by atoms with Crippen LogP contribution >= 0.6 is 0 Å². The van der Waals surface area contributed by atoms with Gasteiger partial charge in [-0.25, -0.2) is 0 Å². The molecule has 0 amide bonds. The fourth-order valence-electron chi connectivity index (χ4n) is 6.64. The lowest BCUT2D eigenvalue weighted by Crippen LogP contribution is -2.59. The fraction of sp³-hybridized carbons (Fsp3) is 0.886. The van der Waals surface area contributed by atoms with Gasteiger partial charge in [0.25, 0.3) is 0 Å². The number of aliphatic hydroxyl groups is 4. The lowest BCUT2D eigenvalue weighted by molar-refractivity contribution is -0.305. The quantitative estimate of drug-likeness (QED) is 0.0278. The Morgan fingerprint density at radius 3 is 1.66 bits per heavy atom. The van der Waals surface area contributed by atoms with E-state index in [1.54, 1.807) is 0 Å². The van der Waals surface area contributed by atoms with E-state index in [2.05, 4.69) is 38.2 Å². The summed E-state index contributed by atoms with van der Waals surface area (Å²) in [5.74, 6) is -0.325. The molecule has 0 radical (unpaired) electrons. The van der Waals surface area contributed by atoms with Crippen LogP contribution in [0.25, 0.3) is 0 Å². The SMILES string of the molecule is CCCCC/C=C\C/C=C\CCCCCCCC(=O)OC(COCCCCCCCCCCCCCCCCC)COC1OC(CO)C(O)C(O)C1O. The van der Waals surface area contributed by atoms with Crippen LogP contribution in [-0.2, 0) is 23.7 Å². The van der Waals surface area contributed by atoms with Crippen molar-refractivity contribution in [3.05, 3.63) is 24.3 Å². The highest BCUT2D eigenvalue weighted by Crippen LogP contribution is 2.22. The second kappa shape index (κ2) is 36.3. The molecule has 9 heteroatoms.